The first-order chi connectivity index (χ1) is 13.6. The molecule has 0 bridgehead atoms. The molecule has 0 amide bonds. The number of carbonyl (C=O) groups is 9. The van der Waals surface area contributed by atoms with Crippen molar-refractivity contribution in [3.05, 3.63) is 0 Å². The van der Waals surface area contributed by atoms with Gasteiger partial charge >= 0.3 is 17.1 Å². The largest absolute Gasteiger partial charge is 3.00 e. The summed E-state index contributed by atoms with van der Waals surface area (Å²) in [5, 5.41) is 29.2. The van der Waals surface area contributed by atoms with Crippen molar-refractivity contribution in [2.24, 2.45) is 0 Å². The fraction of sp³-hybridized carbons (Fsp3) is 0.500. The van der Waals surface area contributed by atoms with Crippen LogP contribution in [0.25, 0.3) is 0 Å². The Bertz CT molecular complexity index is 559. The minimum atomic E-state index is -1.44. The Hall–Kier alpha value is -3.05. The average molecular weight is 485 g/mol. The van der Waals surface area contributed by atoms with E-state index in [1.165, 1.54) is 20.8 Å². The SMILES string of the molecule is CC(=O)CC(=O)CC(=O)[O-].CC(=O)CC(=O)CC(=O)[O-].CC(=O)CC(=O)CC(=O)[O-].[Fe+3]. The minimum Gasteiger partial charge on any atom is -0.550 e. The van der Waals surface area contributed by atoms with Crippen molar-refractivity contribution in [1.82, 2.24) is 0 Å². The van der Waals surface area contributed by atoms with E-state index < -0.39 is 54.5 Å². The number of hydrogen-bond donors (Lipinski definition) is 0. The average Bonchev–Trinajstić information content (AvgIpc) is 2.42. The van der Waals surface area contributed by atoms with Crippen molar-refractivity contribution in [3.63, 3.8) is 0 Å². The molecular formula is C18H21FeO12. The molecule has 0 atom stereocenters. The van der Waals surface area contributed by atoms with Crippen LogP contribution in [-0.2, 0) is 60.2 Å². The number of hydrogen-bond acceptors (Lipinski definition) is 12. The van der Waals surface area contributed by atoms with Crippen LogP contribution in [0.2, 0.25) is 0 Å². The summed E-state index contributed by atoms with van der Waals surface area (Å²) in [6.07, 6.45) is -2.94. The van der Waals surface area contributed by atoms with Gasteiger partial charge in [-0.2, -0.15) is 0 Å². The van der Waals surface area contributed by atoms with Gasteiger partial charge in [0, 0.05) is 37.2 Å². The molecule has 0 aliphatic carbocycles. The van der Waals surface area contributed by atoms with Crippen LogP contribution in [0.1, 0.15) is 59.3 Å². The maximum Gasteiger partial charge on any atom is 3.00 e. The molecule has 13 heteroatoms. The van der Waals surface area contributed by atoms with Gasteiger partial charge < -0.3 is 29.7 Å². The predicted molar refractivity (Wildman–Crippen MR) is 89.8 cm³/mol. The van der Waals surface area contributed by atoms with E-state index in [9.17, 15) is 58.5 Å². The van der Waals surface area contributed by atoms with E-state index in [2.05, 4.69) is 0 Å². The summed E-state index contributed by atoms with van der Waals surface area (Å²) in [5.74, 6) is -7.11. The fourth-order valence-electron chi connectivity index (χ4n) is 1.50. The molecule has 0 fully saturated rings. The van der Waals surface area contributed by atoms with Crippen molar-refractivity contribution in [3.8, 4) is 0 Å². The maximum absolute atomic E-state index is 10.4. The third kappa shape index (κ3) is 38.2. The van der Waals surface area contributed by atoms with Gasteiger partial charge in [0.05, 0.1) is 19.3 Å². The summed E-state index contributed by atoms with van der Waals surface area (Å²) in [7, 11) is 0. The molecule has 0 spiro atoms. The van der Waals surface area contributed by atoms with Gasteiger partial charge in [0.25, 0.3) is 0 Å². The summed E-state index contributed by atoms with van der Waals surface area (Å²) < 4.78 is 0. The van der Waals surface area contributed by atoms with Gasteiger partial charge in [-0.15, -0.1) is 0 Å². The second-order valence-corrected chi connectivity index (χ2v) is 5.90. The number of carboxylic acids is 3. The molecule has 12 nitrogen and oxygen atoms in total. The molecule has 0 saturated heterocycles. The van der Waals surface area contributed by atoms with E-state index in [0.717, 1.165) is 0 Å². The predicted octanol–water partition coefficient (Wildman–Crippen LogP) is -3.98. The van der Waals surface area contributed by atoms with Gasteiger partial charge in [0.15, 0.2) is 0 Å². The summed E-state index contributed by atoms with van der Waals surface area (Å²) in [6, 6.07) is 0. The van der Waals surface area contributed by atoms with Crippen molar-refractivity contribution in [2.45, 2.75) is 59.3 Å². The van der Waals surface area contributed by atoms with Gasteiger partial charge in [-0.1, -0.05) is 0 Å². The van der Waals surface area contributed by atoms with Gasteiger partial charge in [-0.05, 0) is 20.8 Å². The molecule has 173 valence electrons. The van der Waals surface area contributed by atoms with Crippen LogP contribution in [0, 0.1) is 0 Å². The number of aliphatic carboxylic acids is 3. The quantitative estimate of drug-likeness (QED) is 0.191. The number of rotatable bonds is 12. The van der Waals surface area contributed by atoms with Gasteiger partial charge in [-0.25, -0.2) is 0 Å². The third-order valence-electron chi connectivity index (χ3n) is 2.36. The number of ketones is 6. The summed E-state index contributed by atoms with van der Waals surface area (Å²) in [5.41, 5.74) is 0. The molecule has 1 radical (unpaired) electrons. The Morgan fingerprint density at radius 1 is 0.419 bits per heavy atom. The zero-order chi connectivity index (χ0) is 24.4. The number of Topliss-reactive ketones (excluding diaryl/α,β-unsaturated/α-hetero) is 6. The molecule has 0 rings (SSSR count). The Kier molecular flexibility index (Phi) is 23.1. The van der Waals surface area contributed by atoms with Crippen LogP contribution in [-0.4, -0.2) is 52.6 Å². The van der Waals surface area contributed by atoms with E-state index in [1.54, 1.807) is 0 Å². The molecule has 0 aliphatic rings. The Labute approximate surface area is 187 Å². The first kappa shape index (κ1) is 35.4. The molecule has 0 unspecified atom stereocenters. The van der Waals surface area contributed by atoms with E-state index in [-0.39, 0.29) is 53.7 Å². The molecule has 0 N–H and O–H groups in total. The summed E-state index contributed by atoms with van der Waals surface area (Å²) >= 11 is 0. The Morgan fingerprint density at radius 2 is 0.581 bits per heavy atom. The van der Waals surface area contributed by atoms with Crippen LogP contribution in [0.4, 0.5) is 0 Å². The summed E-state index contributed by atoms with van der Waals surface area (Å²) in [4.78, 5) is 91.1. The van der Waals surface area contributed by atoms with E-state index in [1.807, 2.05) is 0 Å². The second kappa shape index (κ2) is 20.2. The van der Waals surface area contributed by atoms with Gasteiger partial charge in [0.2, 0.25) is 0 Å². The van der Waals surface area contributed by atoms with E-state index in [0.29, 0.717) is 0 Å². The molecular weight excluding hydrogens is 464 g/mol. The molecule has 0 aromatic rings. The van der Waals surface area contributed by atoms with Gasteiger partial charge in [0.1, 0.15) is 34.7 Å². The van der Waals surface area contributed by atoms with Crippen LogP contribution < -0.4 is 15.3 Å². The number of carbonyl (C=O) groups excluding carboxylic acids is 9. The topological polar surface area (TPSA) is 223 Å². The first-order valence-electron chi connectivity index (χ1n) is 8.19. The van der Waals surface area contributed by atoms with E-state index >= 15 is 0 Å². The third-order valence-corrected chi connectivity index (χ3v) is 2.36. The van der Waals surface area contributed by atoms with Gasteiger partial charge in [-0.3, -0.25) is 28.8 Å². The van der Waals surface area contributed by atoms with Crippen LogP contribution in [0.15, 0.2) is 0 Å². The zero-order valence-electron chi connectivity index (χ0n) is 17.0. The number of carboxylic acid groups (broad SMARTS) is 3. The molecule has 0 aliphatic heterocycles. The van der Waals surface area contributed by atoms with Crippen molar-refractivity contribution >= 4 is 52.6 Å². The van der Waals surface area contributed by atoms with E-state index in [4.69, 9.17) is 0 Å². The summed E-state index contributed by atoms with van der Waals surface area (Å²) in [6.45, 7) is 3.69. The van der Waals surface area contributed by atoms with Crippen molar-refractivity contribution in [2.75, 3.05) is 0 Å². The minimum absolute atomic E-state index is 0. The zero-order valence-corrected chi connectivity index (χ0v) is 18.1. The van der Waals surface area contributed by atoms with Crippen LogP contribution in [0.5, 0.6) is 0 Å². The fourth-order valence-corrected chi connectivity index (χ4v) is 1.50. The Balaban J connectivity index is -0.000000174. The first-order valence-corrected chi connectivity index (χ1v) is 8.19. The smallest absolute Gasteiger partial charge is 0.550 e. The van der Waals surface area contributed by atoms with Crippen LogP contribution >= 0.6 is 0 Å². The maximum atomic E-state index is 10.4. The molecule has 31 heavy (non-hydrogen) atoms. The second-order valence-electron chi connectivity index (χ2n) is 5.90. The standard InChI is InChI=1S/3C6H8O4.Fe/c3*1-4(7)2-5(8)3-6(9)10;/h3*2-3H2,1H3,(H,9,10);/q;;;+3/p-3. The normalized spacial score (nSPS) is 8.61. The van der Waals surface area contributed by atoms with Crippen LogP contribution in [0.3, 0.4) is 0 Å². The molecule has 0 saturated carbocycles. The monoisotopic (exact) mass is 485 g/mol. The Morgan fingerprint density at radius 3 is 0.677 bits per heavy atom. The van der Waals surface area contributed by atoms with Crippen molar-refractivity contribution in [1.29, 1.82) is 0 Å². The molecule has 0 aromatic heterocycles. The molecule has 0 heterocycles. The van der Waals surface area contributed by atoms with Crippen molar-refractivity contribution < 1.29 is 75.5 Å². The molecule has 0 aromatic carbocycles.